The fraction of sp³-hybridized carbons (Fsp3) is 0.600. The molecule has 0 heterocycles. The van der Waals surface area contributed by atoms with E-state index in [-0.39, 0.29) is 5.75 Å². The average molecular weight is 303 g/mol. The number of benzene rings is 1. The van der Waals surface area contributed by atoms with Crippen LogP contribution >= 0.6 is 0 Å². The standard InChI is InChI=1S/C15H23F2NO3/c1-19-10-11-20-9-3-2-8-18-12-13-4-6-14(7-5-13)21-15(16)17/h4-7,15,18H,2-3,8-12H2,1H3. The van der Waals surface area contributed by atoms with Gasteiger partial charge in [-0.15, -0.1) is 0 Å². The smallest absolute Gasteiger partial charge is 0.387 e. The molecule has 1 aromatic carbocycles. The normalized spacial score (nSPS) is 11.0. The van der Waals surface area contributed by atoms with Gasteiger partial charge in [-0.3, -0.25) is 0 Å². The Kier molecular flexibility index (Phi) is 9.69. The van der Waals surface area contributed by atoms with E-state index < -0.39 is 6.61 Å². The fourth-order valence-electron chi connectivity index (χ4n) is 1.72. The van der Waals surface area contributed by atoms with Crippen LogP contribution in [0, 0.1) is 0 Å². The molecule has 0 fully saturated rings. The Bertz CT molecular complexity index is 360. The molecule has 1 N–H and O–H groups in total. The van der Waals surface area contributed by atoms with Gasteiger partial charge in [-0.1, -0.05) is 12.1 Å². The van der Waals surface area contributed by atoms with Crippen LogP contribution in [0.5, 0.6) is 5.75 Å². The largest absolute Gasteiger partial charge is 0.435 e. The lowest BCUT2D eigenvalue weighted by atomic mass is 10.2. The summed E-state index contributed by atoms with van der Waals surface area (Å²) in [6.07, 6.45) is 2.03. The minimum atomic E-state index is -2.78. The molecule has 0 saturated carbocycles. The Morgan fingerprint density at radius 2 is 1.81 bits per heavy atom. The highest BCUT2D eigenvalue weighted by molar-refractivity contribution is 5.27. The summed E-state index contributed by atoms with van der Waals surface area (Å²) in [7, 11) is 1.65. The van der Waals surface area contributed by atoms with Crippen LogP contribution in [0.4, 0.5) is 8.78 Å². The van der Waals surface area contributed by atoms with Crippen molar-refractivity contribution in [3.63, 3.8) is 0 Å². The van der Waals surface area contributed by atoms with Crippen molar-refractivity contribution in [2.45, 2.75) is 26.0 Å². The van der Waals surface area contributed by atoms with Crippen molar-refractivity contribution in [2.75, 3.05) is 33.5 Å². The molecule has 0 radical (unpaired) electrons. The van der Waals surface area contributed by atoms with Crippen molar-refractivity contribution >= 4 is 0 Å². The van der Waals surface area contributed by atoms with Gasteiger partial charge in [0.05, 0.1) is 13.2 Å². The van der Waals surface area contributed by atoms with E-state index in [1.807, 2.05) is 0 Å². The van der Waals surface area contributed by atoms with Crippen LogP contribution in [0.1, 0.15) is 18.4 Å². The number of unbranched alkanes of at least 4 members (excludes halogenated alkanes) is 1. The Balaban J connectivity index is 2.02. The van der Waals surface area contributed by atoms with Crippen molar-refractivity contribution in [1.29, 1.82) is 0 Å². The maximum Gasteiger partial charge on any atom is 0.387 e. The first kappa shape index (κ1) is 17.8. The maximum atomic E-state index is 12.0. The fourth-order valence-corrected chi connectivity index (χ4v) is 1.72. The Hall–Kier alpha value is -1.24. The monoisotopic (exact) mass is 303 g/mol. The van der Waals surface area contributed by atoms with Gasteiger partial charge < -0.3 is 19.5 Å². The second kappa shape index (κ2) is 11.4. The summed E-state index contributed by atoms with van der Waals surface area (Å²) in [6.45, 7) is 0.827. The van der Waals surface area contributed by atoms with Crippen molar-refractivity contribution < 1.29 is 23.0 Å². The highest BCUT2D eigenvalue weighted by atomic mass is 19.3. The third kappa shape index (κ3) is 9.33. The van der Waals surface area contributed by atoms with Crippen LogP contribution in [0.2, 0.25) is 0 Å². The summed E-state index contributed by atoms with van der Waals surface area (Å²) >= 11 is 0. The lowest BCUT2D eigenvalue weighted by molar-refractivity contribution is -0.0498. The highest BCUT2D eigenvalue weighted by Gasteiger charge is 2.03. The van der Waals surface area contributed by atoms with Crippen molar-refractivity contribution in [1.82, 2.24) is 5.32 Å². The van der Waals surface area contributed by atoms with Gasteiger partial charge >= 0.3 is 6.61 Å². The molecule has 0 unspecified atom stereocenters. The Morgan fingerprint density at radius 1 is 1.05 bits per heavy atom. The predicted octanol–water partition coefficient (Wildman–Crippen LogP) is 2.82. The van der Waals surface area contributed by atoms with Crippen LogP contribution in [0.25, 0.3) is 0 Å². The van der Waals surface area contributed by atoms with Gasteiger partial charge in [-0.2, -0.15) is 8.78 Å². The summed E-state index contributed by atoms with van der Waals surface area (Å²) in [5, 5.41) is 3.29. The molecule has 0 aliphatic carbocycles. The molecule has 4 nitrogen and oxygen atoms in total. The van der Waals surface area contributed by atoms with Crippen molar-refractivity contribution in [3.8, 4) is 5.75 Å². The minimum absolute atomic E-state index is 0.182. The molecule has 0 spiro atoms. The van der Waals surface area contributed by atoms with Crippen LogP contribution in [0.15, 0.2) is 24.3 Å². The van der Waals surface area contributed by atoms with Gasteiger partial charge in [0, 0.05) is 20.3 Å². The quantitative estimate of drug-likeness (QED) is 0.603. The molecular formula is C15H23F2NO3. The molecule has 0 atom stereocenters. The molecule has 0 bridgehead atoms. The summed E-state index contributed by atoms with van der Waals surface area (Å²) in [5.74, 6) is 0.182. The Morgan fingerprint density at radius 3 is 2.48 bits per heavy atom. The lowest BCUT2D eigenvalue weighted by Gasteiger charge is -2.07. The molecule has 1 aromatic rings. The van der Waals surface area contributed by atoms with Gasteiger partial charge in [-0.25, -0.2) is 0 Å². The van der Waals surface area contributed by atoms with E-state index in [0.717, 1.165) is 31.6 Å². The second-order valence-electron chi connectivity index (χ2n) is 4.51. The third-order valence-electron chi connectivity index (χ3n) is 2.80. The molecule has 120 valence electrons. The number of hydrogen-bond acceptors (Lipinski definition) is 4. The number of nitrogens with one attached hydrogen (secondary N) is 1. The number of rotatable bonds is 12. The molecule has 0 aromatic heterocycles. The zero-order chi connectivity index (χ0) is 15.3. The zero-order valence-corrected chi connectivity index (χ0v) is 12.3. The SMILES string of the molecule is COCCOCCCCNCc1ccc(OC(F)F)cc1. The molecule has 0 aliphatic heterocycles. The topological polar surface area (TPSA) is 39.7 Å². The van der Waals surface area contributed by atoms with Gasteiger partial charge in [0.1, 0.15) is 5.75 Å². The number of methoxy groups -OCH3 is 1. The van der Waals surface area contributed by atoms with Crippen molar-refractivity contribution in [2.24, 2.45) is 0 Å². The number of alkyl halides is 2. The molecule has 0 saturated heterocycles. The zero-order valence-electron chi connectivity index (χ0n) is 12.3. The highest BCUT2D eigenvalue weighted by Crippen LogP contribution is 2.14. The van der Waals surface area contributed by atoms with E-state index in [9.17, 15) is 8.78 Å². The molecular weight excluding hydrogens is 280 g/mol. The van der Waals surface area contributed by atoms with Gasteiger partial charge in [0.2, 0.25) is 0 Å². The summed E-state index contributed by atoms with van der Waals surface area (Å²) in [6, 6.07) is 6.65. The minimum Gasteiger partial charge on any atom is -0.435 e. The van der Waals surface area contributed by atoms with Gasteiger partial charge in [0.15, 0.2) is 0 Å². The third-order valence-corrected chi connectivity index (χ3v) is 2.80. The molecule has 6 heteroatoms. The van der Waals surface area contributed by atoms with E-state index >= 15 is 0 Å². The van der Waals surface area contributed by atoms with Gasteiger partial charge in [-0.05, 0) is 37.1 Å². The molecule has 0 amide bonds. The Labute approximate surface area is 124 Å². The van der Waals surface area contributed by atoms with Gasteiger partial charge in [0.25, 0.3) is 0 Å². The van der Waals surface area contributed by atoms with Crippen molar-refractivity contribution in [3.05, 3.63) is 29.8 Å². The lowest BCUT2D eigenvalue weighted by Crippen LogP contribution is -2.15. The summed E-state index contributed by atoms with van der Waals surface area (Å²) in [5.41, 5.74) is 1.04. The van der Waals surface area contributed by atoms with Crippen LogP contribution in [-0.4, -0.2) is 40.1 Å². The maximum absolute atomic E-state index is 12.0. The van der Waals surface area contributed by atoms with E-state index in [1.54, 1.807) is 31.4 Å². The summed E-state index contributed by atoms with van der Waals surface area (Å²) < 4.78 is 38.5. The predicted molar refractivity (Wildman–Crippen MR) is 76.7 cm³/mol. The first-order chi connectivity index (χ1) is 10.2. The number of ether oxygens (including phenoxy) is 3. The van der Waals surface area contributed by atoms with Crippen LogP contribution in [-0.2, 0) is 16.0 Å². The van der Waals surface area contributed by atoms with E-state index in [4.69, 9.17) is 9.47 Å². The number of halogens is 2. The first-order valence-electron chi connectivity index (χ1n) is 7.03. The average Bonchev–Trinajstić information content (AvgIpc) is 2.47. The molecule has 0 aliphatic rings. The molecule has 21 heavy (non-hydrogen) atoms. The van der Waals surface area contributed by atoms with Crippen LogP contribution < -0.4 is 10.1 Å². The van der Waals surface area contributed by atoms with E-state index in [0.29, 0.717) is 19.8 Å². The summed E-state index contributed by atoms with van der Waals surface area (Å²) in [4.78, 5) is 0. The van der Waals surface area contributed by atoms with Crippen LogP contribution in [0.3, 0.4) is 0 Å². The van der Waals surface area contributed by atoms with E-state index in [2.05, 4.69) is 10.1 Å². The van der Waals surface area contributed by atoms with E-state index in [1.165, 1.54) is 0 Å². The number of hydrogen-bond donors (Lipinski definition) is 1. The molecule has 1 rings (SSSR count). The second-order valence-corrected chi connectivity index (χ2v) is 4.51. The first-order valence-corrected chi connectivity index (χ1v) is 7.03.